The largest absolute Gasteiger partial charge is 0.475 e. The van der Waals surface area contributed by atoms with Crippen LogP contribution in [0.1, 0.15) is 35.9 Å². The highest BCUT2D eigenvalue weighted by Crippen LogP contribution is 2.22. The standard InChI is InChI=1S/C14H16N2O2/c1-9(2)10-4-6-11(7-5-10)12-8-16(3)13(15-12)14(17)18/h4-9H,1-3H3,(H,17,18). The van der Waals surface area contributed by atoms with Gasteiger partial charge >= 0.3 is 5.97 Å². The quantitative estimate of drug-likeness (QED) is 0.903. The third kappa shape index (κ3) is 2.27. The van der Waals surface area contributed by atoms with E-state index in [-0.39, 0.29) is 5.82 Å². The summed E-state index contributed by atoms with van der Waals surface area (Å²) in [5.41, 5.74) is 2.88. The van der Waals surface area contributed by atoms with E-state index in [1.165, 1.54) is 10.1 Å². The van der Waals surface area contributed by atoms with Gasteiger partial charge in [-0.3, -0.25) is 0 Å². The first-order valence-corrected chi connectivity index (χ1v) is 5.86. The fourth-order valence-corrected chi connectivity index (χ4v) is 1.84. The highest BCUT2D eigenvalue weighted by molar-refractivity contribution is 5.84. The normalized spacial score (nSPS) is 10.9. The first-order valence-electron chi connectivity index (χ1n) is 5.86. The molecule has 4 heteroatoms. The van der Waals surface area contributed by atoms with Gasteiger partial charge in [-0.2, -0.15) is 0 Å². The van der Waals surface area contributed by atoms with Gasteiger partial charge in [-0.25, -0.2) is 9.78 Å². The van der Waals surface area contributed by atoms with Gasteiger partial charge in [-0.15, -0.1) is 0 Å². The molecule has 2 aromatic rings. The highest BCUT2D eigenvalue weighted by Gasteiger charge is 2.13. The van der Waals surface area contributed by atoms with Crippen molar-refractivity contribution in [2.75, 3.05) is 0 Å². The van der Waals surface area contributed by atoms with E-state index in [0.29, 0.717) is 11.6 Å². The molecule has 0 bridgehead atoms. The van der Waals surface area contributed by atoms with E-state index in [2.05, 4.69) is 31.0 Å². The molecule has 0 atom stereocenters. The van der Waals surface area contributed by atoms with Crippen molar-refractivity contribution in [1.29, 1.82) is 0 Å². The van der Waals surface area contributed by atoms with E-state index in [0.717, 1.165) is 5.56 Å². The van der Waals surface area contributed by atoms with Gasteiger partial charge in [0, 0.05) is 18.8 Å². The lowest BCUT2D eigenvalue weighted by Crippen LogP contribution is -2.04. The molecule has 1 heterocycles. The van der Waals surface area contributed by atoms with Crippen molar-refractivity contribution in [3.63, 3.8) is 0 Å². The van der Waals surface area contributed by atoms with Crippen LogP contribution in [-0.4, -0.2) is 20.6 Å². The van der Waals surface area contributed by atoms with Gasteiger partial charge in [0.2, 0.25) is 5.82 Å². The maximum Gasteiger partial charge on any atom is 0.372 e. The Balaban J connectivity index is 2.37. The number of aromatic nitrogens is 2. The number of carboxylic acid groups (broad SMARTS) is 1. The summed E-state index contributed by atoms with van der Waals surface area (Å²) in [5.74, 6) is -0.474. The number of rotatable bonds is 3. The molecule has 0 aliphatic rings. The molecule has 4 nitrogen and oxygen atoms in total. The zero-order valence-corrected chi connectivity index (χ0v) is 10.7. The van der Waals surface area contributed by atoms with Crippen LogP contribution >= 0.6 is 0 Å². The second kappa shape index (κ2) is 4.64. The molecule has 0 saturated heterocycles. The van der Waals surface area contributed by atoms with Crippen LogP contribution in [-0.2, 0) is 7.05 Å². The Morgan fingerprint density at radius 3 is 2.33 bits per heavy atom. The zero-order chi connectivity index (χ0) is 13.3. The lowest BCUT2D eigenvalue weighted by atomic mass is 10.0. The Morgan fingerprint density at radius 2 is 1.89 bits per heavy atom. The van der Waals surface area contributed by atoms with Crippen molar-refractivity contribution in [2.24, 2.45) is 7.05 Å². The van der Waals surface area contributed by atoms with Crippen LogP contribution in [0.2, 0.25) is 0 Å². The van der Waals surface area contributed by atoms with Crippen molar-refractivity contribution in [1.82, 2.24) is 9.55 Å². The van der Waals surface area contributed by atoms with Crippen molar-refractivity contribution in [3.8, 4) is 11.3 Å². The molecule has 0 aliphatic carbocycles. The van der Waals surface area contributed by atoms with E-state index >= 15 is 0 Å². The van der Waals surface area contributed by atoms with E-state index in [9.17, 15) is 4.79 Å². The minimum absolute atomic E-state index is 0.0536. The van der Waals surface area contributed by atoms with Gasteiger partial charge in [-0.05, 0) is 11.5 Å². The Morgan fingerprint density at radius 1 is 1.28 bits per heavy atom. The fraction of sp³-hybridized carbons (Fsp3) is 0.286. The van der Waals surface area contributed by atoms with Crippen molar-refractivity contribution < 1.29 is 9.90 Å². The summed E-state index contributed by atoms with van der Waals surface area (Å²) in [4.78, 5) is 15.0. The van der Waals surface area contributed by atoms with Gasteiger partial charge in [0.25, 0.3) is 0 Å². The molecule has 0 saturated carbocycles. The molecule has 1 aromatic heterocycles. The van der Waals surface area contributed by atoms with Gasteiger partial charge in [0.15, 0.2) is 0 Å². The van der Waals surface area contributed by atoms with Crippen LogP contribution in [0.3, 0.4) is 0 Å². The Bertz CT molecular complexity index is 568. The monoisotopic (exact) mass is 244 g/mol. The lowest BCUT2D eigenvalue weighted by Gasteiger charge is -2.05. The number of hydrogen-bond donors (Lipinski definition) is 1. The summed E-state index contributed by atoms with van der Waals surface area (Å²) in [6.45, 7) is 4.27. The first kappa shape index (κ1) is 12.4. The van der Waals surface area contributed by atoms with Crippen LogP contribution in [0, 0.1) is 0 Å². The second-order valence-electron chi connectivity index (χ2n) is 4.64. The summed E-state index contributed by atoms with van der Waals surface area (Å²) in [6, 6.07) is 8.05. The van der Waals surface area contributed by atoms with Crippen molar-refractivity contribution >= 4 is 5.97 Å². The predicted molar refractivity (Wildman–Crippen MR) is 69.7 cm³/mol. The maximum atomic E-state index is 10.9. The summed E-state index contributed by atoms with van der Waals surface area (Å²) in [5, 5.41) is 8.96. The molecular formula is C14H16N2O2. The SMILES string of the molecule is CC(C)c1ccc(-c2cn(C)c(C(=O)O)n2)cc1. The first-order chi connectivity index (χ1) is 8.49. The van der Waals surface area contributed by atoms with E-state index in [1.54, 1.807) is 13.2 Å². The molecule has 0 unspecified atom stereocenters. The number of benzene rings is 1. The van der Waals surface area contributed by atoms with Crippen molar-refractivity contribution in [3.05, 3.63) is 41.9 Å². The maximum absolute atomic E-state index is 10.9. The van der Waals surface area contributed by atoms with Crippen LogP contribution in [0.15, 0.2) is 30.5 Å². The summed E-state index contributed by atoms with van der Waals surface area (Å²) < 4.78 is 1.52. The molecule has 0 spiro atoms. The third-order valence-electron chi connectivity index (χ3n) is 2.94. The number of imidazole rings is 1. The summed E-state index contributed by atoms with van der Waals surface area (Å²) in [6.07, 6.45) is 1.73. The molecule has 2 rings (SSSR count). The number of aryl methyl sites for hydroxylation is 1. The van der Waals surface area contributed by atoms with Crippen LogP contribution in [0.5, 0.6) is 0 Å². The predicted octanol–water partition coefficient (Wildman–Crippen LogP) is 2.91. The molecule has 0 fully saturated rings. The number of aromatic carboxylic acids is 1. The minimum atomic E-state index is -1.01. The Kier molecular flexibility index (Phi) is 3.19. The smallest absolute Gasteiger partial charge is 0.372 e. The lowest BCUT2D eigenvalue weighted by molar-refractivity contribution is 0.0680. The topological polar surface area (TPSA) is 55.1 Å². The number of nitrogens with zero attached hydrogens (tertiary/aromatic N) is 2. The average Bonchev–Trinajstić information content (AvgIpc) is 2.71. The molecule has 1 N–H and O–H groups in total. The molecule has 94 valence electrons. The Labute approximate surface area is 106 Å². The van der Waals surface area contributed by atoms with Crippen molar-refractivity contribution in [2.45, 2.75) is 19.8 Å². The molecular weight excluding hydrogens is 228 g/mol. The van der Waals surface area contributed by atoms with Gasteiger partial charge in [0.05, 0.1) is 5.69 Å². The second-order valence-corrected chi connectivity index (χ2v) is 4.64. The highest BCUT2D eigenvalue weighted by atomic mass is 16.4. The summed E-state index contributed by atoms with van der Waals surface area (Å²) >= 11 is 0. The summed E-state index contributed by atoms with van der Waals surface area (Å²) in [7, 11) is 1.68. The minimum Gasteiger partial charge on any atom is -0.475 e. The number of carbonyl (C=O) groups is 1. The van der Waals surface area contributed by atoms with E-state index < -0.39 is 5.97 Å². The molecule has 18 heavy (non-hydrogen) atoms. The average molecular weight is 244 g/mol. The zero-order valence-electron chi connectivity index (χ0n) is 10.7. The molecule has 0 amide bonds. The van der Waals surface area contributed by atoms with Gasteiger partial charge in [-0.1, -0.05) is 38.1 Å². The third-order valence-corrected chi connectivity index (χ3v) is 2.94. The van der Waals surface area contributed by atoms with Crippen LogP contribution in [0.25, 0.3) is 11.3 Å². The van der Waals surface area contributed by atoms with Crippen LogP contribution < -0.4 is 0 Å². The molecule has 0 radical (unpaired) electrons. The van der Waals surface area contributed by atoms with E-state index in [4.69, 9.17) is 5.11 Å². The fourth-order valence-electron chi connectivity index (χ4n) is 1.84. The Hall–Kier alpha value is -2.10. The number of carboxylic acids is 1. The van der Waals surface area contributed by atoms with Gasteiger partial charge in [0.1, 0.15) is 0 Å². The molecule has 0 aliphatic heterocycles. The van der Waals surface area contributed by atoms with Gasteiger partial charge < -0.3 is 9.67 Å². The van der Waals surface area contributed by atoms with E-state index in [1.807, 2.05) is 12.1 Å². The van der Waals surface area contributed by atoms with Crippen LogP contribution in [0.4, 0.5) is 0 Å². The number of hydrogen-bond acceptors (Lipinski definition) is 2. The molecule has 1 aromatic carbocycles.